The first-order chi connectivity index (χ1) is 16.2. The smallest absolute Gasteiger partial charge is 0.350 e. The van der Waals surface area contributed by atoms with Crippen molar-refractivity contribution in [3.05, 3.63) is 90.8 Å². The maximum atomic E-state index is 13.8. The van der Waals surface area contributed by atoms with Gasteiger partial charge in [0.1, 0.15) is 10.5 Å². The first kappa shape index (κ1) is 22.0. The molecule has 0 radical (unpaired) electrons. The topological polar surface area (TPSA) is 89.7 Å². The van der Waals surface area contributed by atoms with E-state index in [9.17, 15) is 14.4 Å². The second-order valence-corrected chi connectivity index (χ2v) is 9.48. The number of esters is 1. The van der Waals surface area contributed by atoms with Gasteiger partial charge in [-0.05, 0) is 56.5 Å². The highest BCUT2D eigenvalue weighted by Gasteiger charge is 2.45. The van der Waals surface area contributed by atoms with E-state index in [2.05, 4.69) is 4.98 Å². The number of rotatable bonds is 3. The standard InChI is InChI=1S/C26H22N2O5S/c1-12-6-8-16(9-7-12)20-19-21(29)17-10-13(2)14(3)11-18(17)33-22(19)24(30)28(20)26-27-15(4)23(34-26)25(31)32-5/h6-11,20H,1-5H3. The minimum Gasteiger partial charge on any atom is -0.465 e. The van der Waals surface area contributed by atoms with Gasteiger partial charge in [-0.1, -0.05) is 41.2 Å². The molecular formula is C26H22N2O5S. The lowest BCUT2D eigenvalue weighted by molar-refractivity contribution is 0.0605. The van der Waals surface area contributed by atoms with Crippen LogP contribution in [0, 0.1) is 27.7 Å². The Balaban J connectivity index is 1.79. The number of carbonyl (C=O) groups excluding carboxylic acids is 2. The highest BCUT2D eigenvalue weighted by atomic mass is 32.1. The third-order valence-corrected chi connectivity index (χ3v) is 7.38. The fourth-order valence-electron chi connectivity index (χ4n) is 4.26. The van der Waals surface area contributed by atoms with Crippen molar-refractivity contribution in [1.82, 2.24) is 4.98 Å². The predicted octanol–water partition coefficient (Wildman–Crippen LogP) is 5.02. The van der Waals surface area contributed by atoms with E-state index in [1.165, 1.54) is 12.0 Å². The van der Waals surface area contributed by atoms with Crippen molar-refractivity contribution in [2.24, 2.45) is 0 Å². The summed E-state index contributed by atoms with van der Waals surface area (Å²) in [7, 11) is 1.30. The monoisotopic (exact) mass is 474 g/mol. The van der Waals surface area contributed by atoms with Crippen molar-refractivity contribution < 1.29 is 18.7 Å². The number of anilines is 1. The van der Waals surface area contributed by atoms with Gasteiger partial charge in [-0.25, -0.2) is 9.78 Å². The predicted molar refractivity (Wildman–Crippen MR) is 130 cm³/mol. The van der Waals surface area contributed by atoms with Crippen LogP contribution in [0.15, 0.2) is 45.6 Å². The van der Waals surface area contributed by atoms with Gasteiger partial charge in [0.25, 0.3) is 5.91 Å². The molecular weight excluding hydrogens is 452 g/mol. The van der Waals surface area contributed by atoms with E-state index in [0.717, 1.165) is 33.6 Å². The van der Waals surface area contributed by atoms with Crippen LogP contribution in [-0.2, 0) is 4.74 Å². The van der Waals surface area contributed by atoms with E-state index < -0.39 is 17.9 Å². The molecule has 3 heterocycles. The Morgan fingerprint density at radius 2 is 1.74 bits per heavy atom. The Morgan fingerprint density at radius 3 is 2.41 bits per heavy atom. The van der Waals surface area contributed by atoms with Gasteiger partial charge in [-0.15, -0.1) is 0 Å². The number of thiazole rings is 1. The summed E-state index contributed by atoms with van der Waals surface area (Å²) >= 11 is 1.06. The number of aromatic nitrogens is 1. The van der Waals surface area contributed by atoms with Crippen LogP contribution in [0.25, 0.3) is 11.0 Å². The molecule has 1 amide bonds. The number of ether oxygens (including phenoxy) is 1. The highest BCUT2D eigenvalue weighted by molar-refractivity contribution is 7.17. The second kappa shape index (κ2) is 7.92. The van der Waals surface area contributed by atoms with Crippen molar-refractivity contribution in [1.29, 1.82) is 0 Å². The molecule has 2 aromatic carbocycles. The van der Waals surface area contributed by atoms with Crippen molar-refractivity contribution in [3.8, 4) is 0 Å². The number of carbonyl (C=O) groups is 2. The number of nitrogens with zero attached hydrogens (tertiary/aromatic N) is 2. The van der Waals surface area contributed by atoms with Crippen molar-refractivity contribution in [2.45, 2.75) is 33.7 Å². The van der Waals surface area contributed by atoms with E-state index >= 15 is 0 Å². The zero-order chi connectivity index (χ0) is 24.3. The van der Waals surface area contributed by atoms with Gasteiger partial charge < -0.3 is 9.15 Å². The maximum absolute atomic E-state index is 13.8. The Bertz CT molecular complexity index is 1550. The number of fused-ring (bicyclic) bond motifs is 2. The van der Waals surface area contributed by atoms with Crippen LogP contribution in [0.1, 0.15) is 59.8 Å². The molecule has 0 fully saturated rings. The van der Waals surface area contributed by atoms with Crippen LogP contribution >= 0.6 is 11.3 Å². The van der Waals surface area contributed by atoms with E-state index in [0.29, 0.717) is 26.7 Å². The summed E-state index contributed by atoms with van der Waals surface area (Å²) in [5.74, 6) is -0.995. The number of aryl methyl sites for hydroxylation is 4. The summed E-state index contributed by atoms with van der Waals surface area (Å²) in [5.41, 5.74) is 4.58. The minimum atomic E-state index is -0.735. The molecule has 5 rings (SSSR count). The molecule has 1 atom stereocenters. The molecule has 1 aliphatic rings. The second-order valence-electron chi connectivity index (χ2n) is 8.50. The molecule has 0 saturated carbocycles. The maximum Gasteiger partial charge on any atom is 0.350 e. The fraction of sp³-hybridized carbons (Fsp3) is 0.231. The van der Waals surface area contributed by atoms with Gasteiger partial charge in [0.15, 0.2) is 10.6 Å². The van der Waals surface area contributed by atoms with Crippen LogP contribution in [-0.4, -0.2) is 24.0 Å². The summed E-state index contributed by atoms with van der Waals surface area (Å²) in [6.07, 6.45) is 0. The van der Waals surface area contributed by atoms with Crippen molar-refractivity contribution >= 4 is 39.3 Å². The quantitative estimate of drug-likeness (QED) is 0.387. The molecule has 7 nitrogen and oxygen atoms in total. The van der Waals surface area contributed by atoms with Gasteiger partial charge in [0.05, 0.1) is 29.8 Å². The molecule has 172 valence electrons. The summed E-state index contributed by atoms with van der Waals surface area (Å²) < 4.78 is 10.9. The minimum absolute atomic E-state index is 0.00111. The lowest BCUT2D eigenvalue weighted by atomic mass is 9.97. The Kier molecular flexibility index (Phi) is 5.13. The lowest BCUT2D eigenvalue weighted by Gasteiger charge is -2.22. The SMILES string of the molecule is COC(=O)c1sc(N2C(=O)c3oc4cc(C)c(C)cc4c(=O)c3C2c2ccc(C)cc2)nc1C. The summed E-state index contributed by atoms with van der Waals surface area (Å²) in [5, 5.41) is 0.731. The van der Waals surface area contributed by atoms with E-state index in [4.69, 9.17) is 9.15 Å². The molecule has 2 aromatic heterocycles. The molecule has 1 aliphatic heterocycles. The number of hydrogen-bond acceptors (Lipinski definition) is 7. The van der Waals surface area contributed by atoms with Crippen LogP contribution < -0.4 is 10.3 Å². The summed E-state index contributed by atoms with van der Waals surface area (Å²) in [6, 6.07) is 10.5. The zero-order valence-corrected chi connectivity index (χ0v) is 20.2. The first-order valence-corrected chi connectivity index (χ1v) is 11.6. The van der Waals surface area contributed by atoms with Crippen LogP contribution in [0.5, 0.6) is 0 Å². The summed E-state index contributed by atoms with van der Waals surface area (Å²) in [4.78, 5) is 45.9. The van der Waals surface area contributed by atoms with Gasteiger partial charge in [0, 0.05) is 0 Å². The molecule has 1 unspecified atom stereocenters. The molecule has 34 heavy (non-hydrogen) atoms. The molecule has 0 spiro atoms. The van der Waals surface area contributed by atoms with Gasteiger partial charge in [-0.2, -0.15) is 0 Å². The van der Waals surface area contributed by atoms with Crippen LogP contribution in [0.3, 0.4) is 0 Å². The third kappa shape index (κ3) is 3.25. The third-order valence-electron chi connectivity index (χ3n) is 6.24. The van der Waals surface area contributed by atoms with Crippen molar-refractivity contribution in [3.63, 3.8) is 0 Å². The van der Waals surface area contributed by atoms with Crippen LogP contribution in [0.4, 0.5) is 5.13 Å². The average molecular weight is 475 g/mol. The average Bonchev–Trinajstić information content (AvgIpc) is 3.33. The Hall–Kier alpha value is -3.78. The lowest BCUT2D eigenvalue weighted by Crippen LogP contribution is -2.29. The molecule has 0 aliphatic carbocycles. The zero-order valence-electron chi connectivity index (χ0n) is 19.4. The number of benzene rings is 2. The van der Waals surface area contributed by atoms with E-state index in [1.54, 1.807) is 19.1 Å². The molecule has 4 aromatic rings. The van der Waals surface area contributed by atoms with E-state index in [-0.39, 0.29) is 16.8 Å². The van der Waals surface area contributed by atoms with Crippen molar-refractivity contribution in [2.75, 3.05) is 12.0 Å². The van der Waals surface area contributed by atoms with Gasteiger partial charge in [-0.3, -0.25) is 14.5 Å². The number of methoxy groups -OCH3 is 1. The molecule has 0 bridgehead atoms. The Labute approximate surface area is 199 Å². The summed E-state index contributed by atoms with van der Waals surface area (Å²) in [6.45, 7) is 7.51. The first-order valence-electron chi connectivity index (χ1n) is 10.7. The Morgan fingerprint density at radius 1 is 1.06 bits per heavy atom. The van der Waals surface area contributed by atoms with Gasteiger partial charge >= 0.3 is 5.97 Å². The molecule has 0 saturated heterocycles. The van der Waals surface area contributed by atoms with Crippen LogP contribution in [0.2, 0.25) is 0 Å². The fourth-order valence-corrected chi connectivity index (χ4v) is 5.27. The van der Waals surface area contributed by atoms with Gasteiger partial charge in [0.2, 0.25) is 5.76 Å². The molecule has 0 N–H and O–H groups in total. The largest absolute Gasteiger partial charge is 0.465 e. The number of hydrogen-bond donors (Lipinski definition) is 0. The normalized spacial score (nSPS) is 15.1. The van der Waals surface area contributed by atoms with E-state index in [1.807, 2.05) is 45.0 Å². The number of amides is 1. The highest BCUT2D eigenvalue weighted by Crippen LogP contribution is 2.43. The molecule has 8 heteroatoms.